The maximum atomic E-state index is 13.4. The molecule has 1 heterocycles. The first-order valence-electron chi connectivity index (χ1n) is 5.23. The van der Waals surface area contributed by atoms with Gasteiger partial charge >= 0.3 is 0 Å². The van der Waals surface area contributed by atoms with Gasteiger partial charge in [0.05, 0.1) is 0 Å². The van der Waals surface area contributed by atoms with Crippen molar-refractivity contribution in [2.24, 2.45) is 0 Å². The van der Waals surface area contributed by atoms with Gasteiger partial charge < -0.3 is 9.73 Å². The number of hydrogen-bond donors (Lipinski definition) is 1. The van der Waals surface area contributed by atoms with Crippen LogP contribution < -0.4 is 5.32 Å². The quantitative estimate of drug-likeness (QED) is 0.909. The third-order valence-corrected chi connectivity index (χ3v) is 2.28. The zero-order valence-electron chi connectivity index (χ0n) is 9.51. The van der Waals surface area contributed by atoms with Gasteiger partial charge in [-0.3, -0.25) is 0 Å². The second-order valence-electron chi connectivity index (χ2n) is 3.60. The van der Waals surface area contributed by atoms with E-state index in [9.17, 15) is 13.2 Å². The van der Waals surface area contributed by atoms with Gasteiger partial charge in [-0.15, -0.1) is 10.2 Å². The largest absolute Gasteiger partial charge is 0.420 e. The minimum absolute atomic E-state index is 0.252. The van der Waals surface area contributed by atoms with Crippen LogP contribution in [0.4, 0.5) is 13.2 Å². The van der Waals surface area contributed by atoms with Gasteiger partial charge in [0.15, 0.2) is 0 Å². The van der Waals surface area contributed by atoms with Crippen molar-refractivity contribution in [1.29, 1.82) is 0 Å². The van der Waals surface area contributed by atoms with Gasteiger partial charge in [-0.2, -0.15) is 0 Å². The Morgan fingerprint density at radius 1 is 1.17 bits per heavy atom. The van der Waals surface area contributed by atoms with Gasteiger partial charge in [-0.1, -0.05) is 0 Å². The standard InChI is InChI=1S/C11H10F3N3O/c1-15-3-2-9-16-17-11(18-9)10-7(13)4-6(12)5-8(10)14/h4-5,15H,2-3H2,1H3. The number of nitrogens with one attached hydrogen (secondary N) is 1. The molecule has 0 radical (unpaired) electrons. The lowest BCUT2D eigenvalue weighted by Gasteiger charge is -2.00. The molecule has 96 valence electrons. The number of benzene rings is 1. The van der Waals surface area contributed by atoms with E-state index in [0.717, 1.165) is 0 Å². The Morgan fingerprint density at radius 2 is 1.83 bits per heavy atom. The predicted molar refractivity (Wildman–Crippen MR) is 57.2 cm³/mol. The first-order chi connectivity index (χ1) is 8.61. The molecule has 1 N–H and O–H groups in total. The zero-order valence-corrected chi connectivity index (χ0v) is 9.51. The van der Waals surface area contributed by atoms with E-state index >= 15 is 0 Å². The smallest absolute Gasteiger partial charge is 0.253 e. The van der Waals surface area contributed by atoms with E-state index in [0.29, 0.717) is 25.1 Å². The van der Waals surface area contributed by atoms with Gasteiger partial charge in [0.25, 0.3) is 5.89 Å². The van der Waals surface area contributed by atoms with E-state index in [2.05, 4.69) is 15.5 Å². The summed E-state index contributed by atoms with van der Waals surface area (Å²) in [6, 6.07) is 1.13. The summed E-state index contributed by atoms with van der Waals surface area (Å²) in [6.07, 6.45) is 0.438. The Hall–Kier alpha value is -1.89. The topological polar surface area (TPSA) is 51.0 Å². The van der Waals surface area contributed by atoms with Crippen molar-refractivity contribution in [3.63, 3.8) is 0 Å². The highest BCUT2D eigenvalue weighted by Crippen LogP contribution is 2.25. The maximum absolute atomic E-state index is 13.4. The van der Waals surface area contributed by atoms with Crippen molar-refractivity contribution in [2.75, 3.05) is 13.6 Å². The zero-order chi connectivity index (χ0) is 13.1. The molecule has 4 nitrogen and oxygen atoms in total. The molecule has 0 aliphatic carbocycles. The lowest BCUT2D eigenvalue weighted by Crippen LogP contribution is -2.10. The summed E-state index contributed by atoms with van der Waals surface area (Å²) in [6.45, 7) is 0.593. The molecule has 7 heteroatoms. The SMILES string of the molecule is CNCCc1nnc(-c2c(F)cc(F)cc2F)o1. The Labute approximate surface area is 101 Å². The molecule has 0 saturated heterocycles. The summed E-state index contributed by atoms with van der Waals surface area (Å²) in [5, 5.41) is 10.1. The monoisotopic (exact) mass is 257 g/mol. The number of rotatable bonds is 4. The summed E-state index contributed by atoms with van der Waals surface area (Å²) in [4.78, 5) is 0. The number of likely N-dealkylation sites (N-methyl/N-ethyl adjacent to an activating group) is 1. The third kappa shape index (κ3) is 2.51. The Morgan fingerprint density at radius 3 is 2.44 bits per heavy atom. The summed E-state index contributed by atoms with van der Waals surface area (Å²) in [7, 11) is 1.75. The van der Waals surface area contributed by atoms with E-state index in [4.69, 9.17) is 4.42 Å². The summed E-state index contributed by atoms with van der Waals surface area (Å²) >= 11 is 0. The molecule has 0 spiro atoms. The Bertz CT molecular complexity index is 533. The third-order valence-electron chi connectivity index (χ3n) is 2.28. The average Bonchev–Trinajstić information content (AvgIpc) is 2.73. The molecule has 0 saturated carbocycles. The second-order valence-corrected chi connectivity index (χ2v) is 3.60. The molecule has 0 amide bonds. The average molecular weight is 257 g/mol. The molecular weight excluding hydrogens is 247 g/mol. The first-order valence-corrected chi connectivity index (χ1v) is 5.23. The highest BCUT2D eigenvalue weighted by molar-refractivity contribution is 5.54. The van der Waals surface area contributed by atoms with Crippen molar-refractivity contribution < 1.29 is 17.6 Å². The van der Waals surface area contributed by atoms with Crippen LogP contribution in [0.1, 0.15) is 5.89 Å². The van der Waals surface area contributed by atoms with Crippen LogP contribution in [0.3, 0.4) is 0 Å². The van der Waals surface area contributed by atoms with Crippen molar-refractivity contribution >= 4 is 0 Å². The number of halogens is 3. The van der Waals surface area contributed by atoms with Crippen LogP contribution in [0.2, 0.25) is 0 Å². The highest BCUT2D eigenvalue weighted by atomic mass is 19.1. The van der Waals surface area contributed by atoms with Crippen molar-refractivity contribution in [2.45, 2.75) is 6.42 Å². The van der Waals surface area contributed by atoms with E-state index in [1.807, 2.05) is 0 Å². The van der Waals surface area contributed by atoms with Crippen molar-refractivity contribution in [1.82, 2.24) is 15.5 Å². The molecule has 2 aromatic rings. The Balaban J connectivity index is 2.34. The lowest BCUT2D eigenvalue weighted by atomic mass is 10.2. The molecular formula is C11H10F3N3O. The normalized spacial score (nSPS) is 10.9. The van der Waals surface area contributed by atoms with E-state index < -0.39 is 23.0 Å². The van der Waals surface area contributed by atoms with E-state index in [-0.39, 0.29) is 11.8 Å². The molecule has 0 bridgehead atoms. The van der Waals surface area contributed by atoms with Crippen LogP contribution in [0.25, 0.3) is 11.5 Å². The fourth-order valence-corrected chi connectivity index (χ4v) is 1.43. The van der Waals surface area contributed by atoms with Gasteiger partial charge in [0.1, 0.15) is 23.0 Å². The molecule has 0 atom stereocenters. The second kappa shape index (κ2) is 5.18. The molecule has 1 aromatic carbocycles. The molecule has 2 rings (SSSR count). The van der Waals surface area contributed by atoms with Gasteiger partial charge in [0.2, 0.25) is 5.89 Å². The predicted octanol–water partition coefficient (Wildman–Crippen LogP) is 1.92. The fraction of sp³-hybridized carbons (Fsp3) is 0.273. The van der Waals surface area contributed by atoms with Crippen molar-refractivity contribution in [3.8, 4) is 11.5 Å². The van der Waals surface area contributed by atoms with E-state index in [1.54, 1.807) is 7.05 Å². The molecule has 18 heavy (non-hydrogen) atoms. The fourth-order valence-electron chi connectivity index (χ4n) is 1.43. The minimum atomic E-state index is -1.07. The van der Waals surface area contributed by atoms with Crippen LogP contribution in [-0.2, 0) is 6.42 Å². The first kappa shape index (κ1) is 12.6. The summed E-state index contributed by atoms with van der Waals surface area (Å²) < 4.78 is 44.7. The number of hydrogen-bond acceptors (Lipinski definition) is 4. The molecule has 0 aliphatic rings. The van der Waals surface area contributed by atoms with Crippen LogP contribution in [0.5, 0.6) is 0 Å². The highest BCUT2D eigenvalue weighted by Gasteiger charge is 2.19. The summed E-state index contributed by atoms with van der Waals surface area (Å²) in [5.74, 6) is -3.19. The van der Waals surface area contributed by atoms with Crippen LogP contribution >= 0.6 is 0 Å². The van der Waals surface area contributed by atoms with E-state index in [1.165, 1.54) is 0 Å². The van der Waals surface area contributed by atoms with Gasteiger partial charge in [-0.05, 0) is 7.05 Å². The molecule has 0 aliphatic heterocycles. The molecule has 1 aromatic heterocycles. The molecule has 0 fully saturated rings. The van der Waals surface area contributed by atoms with Gasteiger partial charge in [-0.25, -0.2) is 13.2 Å². The summed E-state index contributed by atoms with van der Waals surface area (Å²) in [5.41, 5.74) is -0.514. The Kier molecular flexibility index (Phi) is 3.61. The van der Waals surface area contributed by atoms with Crippen LogP contribution in [0.15, 0.2) is 16.5 Å². The minimum Gasteiger partial charge on any atom is -0.420 e. The van der Waals surface area contributed by atoms with Crippen LogP contribution in [0, 0.1) is 17.5 Å². The molecule has 0 unspecified atom stereocenters. The number of aromatic nitrogens is 2. The van der Waals surface area contributed by atoms with Crippen molar-refractivity contribution in [3.05, 3.63) is 35.5 Å². The lowest BCUT2D eigenvalue weighted by molar-refractivity contribution is 0.487. The van der Waals surface area contributed by atoms with Gasteiger partial charge in [0, 0.05) is 25.1 Å². The van der Waals surface area contributed by atoms with Crippen LogP contribution in [-0.4, -0.2) is 23.8 Å². The number of nitrogens with zero attached hydrogens (tertiary/aromatic N) is 2. The maximum Gasteiger partial charge on any atom is 0.253 e.